The topological polar surface area (TPSA) is 105 Å². The van der Waals surface area contributed by atoms with Crippen LogP contribution in [-0.4, -0.2) is 43.5 Å². The summed E-state index contributed by atoms with van der Waals surface area (Å²) >= 11 is 6.12. The Balaban J connectivity index is 1.68. The second kappa shape index (κ2) is 9.93. The average Bonchev–Trinajstić information content (AvgIpc) is 3.19. The van der Waals surface area contributed by atoms with Crippen molar-refractivity contribution < 1.29 is 9.16 Å². The van der Waals surface area contributed by atoms with Crippen LogP contribution in [0.25, 0.3) is 11.3 Å². The molecule has 0 spiro atoms. The second-order valence-electron chi connectivity index (χ2n) is 11.1. The zero-order valence-corrected chi connectivity index (χ0v) is 24.1. The van der Waals surface area contributed by atoms with E-state index in [1.165, 1.54) is 13.3 Å². The molecule has 1 unspecified atom stereocenters. The zero-order valence-electron chi connectivity index (χ0n) is 22.4. The lowest BCUT2D eigenvalue weighted by Crippen LogP contribution is -2.45. The number of methoxy groups -OCH3 is 1. The molecule has 3 heterocycles. The van der Waals surface area contributed by atoms with E-state index in [4.69, 9.17) is 25.7 Å². The molecule has 4 rings (SSSR count). The first-order chi connectivity index (χ1) is 17.4. The van der Waals surface area contributed by atoms with Crippen LogP contribution in [0.4, 0.5) is 17.3 Å². The van der Waals surface area contributed by atoms with Crippen LogP contribution in [0.5, 0.6) is 5.88 Å². The van der Waals surface area contributed by atoms with Crippen LogP contribution in [0.1, 0.15) is 38.8 Å². The molecule has 0 aliphatic carbocycles. The maximum Gasteiger partial charge on any atom is 0.237 e. The van der Waals surface area contributed by atoms with Gasteiger partial charge in [-0.3, -0.25) is 0 Å². The number of nitrogens with one attached hydrogen (secondary N) is 2. The molecular weight excluding hydrogens is 504 g/mol. The molecule has 0 bridgehead atoms. The van der Waals surface area contributed by atoms with Crippen molar-refractivity contribution in [2.75, 3.05) is 30.9 Å². The van der Waals surface area contributed by atoms with Gasteiger partial charge in [0.15, 0.2) is 8.32 Å². The van der Waals surface area contributed by atoms with Crippen LogP contribution >= 0.6 is 11.6 Å². The zero-order chi connectivity index (χ0) is 27.0. The normalized spacial score (nSPS) is 17.1. The Bertz CT molecular complexity index is 1370. The van der Waals surface area contributed by atoms with Crippen molar-refractivity contribution in [2.24, 2.45) is 0 Å². The lowest BCUT2D eigenvalue weighted by molar-refractivity contribution is 0.220. The third-order valence-electron chi connectivity index (χ3n) is 7.33. The average molecular weight is 537 g/mol. The molecule has 194 valence electrons. The smallest absolute Gasteiger partial charge is 0.237 e. The number of hydrogen-bond acceptors (Lipinski definition) is 8. The van der Waals surface area contributed by atoms with Crippen molar-refractivity contribution in [3.63, 3.8) is 0 Å². The van der Waals surface area contributed by atoms with Gasteiger partial charge in [-0.25, -0.2) is 15.0 Å². The Kier molecular flexibility index (Phi) is 7.21. The van der Waals surface area contributed by atoms with Crippen LogP contribution in [0, 0.1) is 11.3 Å². The fourth-order valence-corrected chi connectivity index (χ4v) is 5.26. The molecule has 0 saturated heterocycles. The van der Waals surface area contributed by atoms with Gasteiger partial charge in [0.05, 0.1) is 29.1 Å². The highest BCUT2D eigenvalue weighted by atomic mass is 35.5. The minimum atomic E-state index is -1.94. The summed E-state index contributed by atoms with van der Waals surface area (Å²) in [6, 6.07) is 9.85. The van der Waals surface area contributed by atoms with Crippen molar-refractivity contribution in [1.29, 1.82) is 5.26 Å². The quantitative estimate of drug-likeness (QED) is 0.329. The Hall–Kier alpha value is -3.19. The molecule has 0 fully saturated rings. The highest BCUT2D eigenvalue weighted by Gasteiger charge is 2.42. The van der Waals surface area contributed by atoms with Crippen molar-refractivity contribution in [3.05, 3.63) is 52.8 Å². The van der Waals surface area contributed by atoms with E-state index in [1.54, 1.807) is 12.3 Å². The number of hydrogen-bond donors (Lipinski definition) is 2. The Labute approximate surface area is 224 Å². The summed E-state index contributed by atoms with van der Waals surface area (Å²) in [5.74, 6) is 0.743. The Morgan fingerprint density at radius 2 is 2.00 bits per heavy atom. The molecule has 2 aromatic heterocycles. The van der Waals surface area contributed by atoms with E-state index in [-0.39, 0.29) is 10.5 Å². The largest absolute Gasteiger partial charge is 0.480 e. The maximum absolute atomic E-state index is 9.95. The fourth-order valence-electron chi connectivity index (χ4n) is 3.99. The van der Waals surface area contributed by atoms with Crippen molar-refractivity contribution in [3.8, 4) is 23.2 Å². The van der Waals surface area contributed by atoms with Gasteiger partial charge in [-0.15, -0.1) is 0 Å². The number of ether oxygens (including phenoxy) is 1. The van der Waals surface area contributed by atoms with Gasteiger partial charge in [0.25, 0.3) is 0 Å². The van der Waals surface area contributed by atoms with Crippen LogP contribution in [-0.2, 0) is 9.84 Å². The molecule has 37 heavy (non-hydrogen) atoms. The first-order valence-electron chi connectivity index (χ1n) is 12.1. The molecule has 1 aliphatic heterocycles. The van der Waals surface area contributed by atoms with Gasteiger partial charge >= 0.3 is 0 Å². The van der Waals surface area contributed by atoms with E-state index in [1.807, 2.05) is 12.1 Å². The molecule has 1 aliphatic rings. The minimum absolute atomic E-state index is 0.115. The number of anilines is 3. The summed E-state index contributed by atoms with van der Waals surface area (Å²) in [7, 11) is -0.409. The Morgan fingerprint density at radius 3 is 2.68 bits per heavy atom. The summed E-state index contributed by atoms with van der Waals surface area (Å²) in [4.78, 5) is 13.2. The number of nitriles is 1. The molecule has 1 aromatic carbocycles. The summed E-state index contributed by atoms with van der Waals surface area (Å²) < 4.78 is 11.9. The number of aromatic nitrogens is 3. The molecule has 0 radical (unpaired) electrons. The molecule has 0 saturated carbocycles. The second-order valence-corrected chi connectivity index (χ2v) is 16.4. The molecule has 3 aromatic rings. The van der Waals surface area contributed by atoms with Crippen LogP contribution in [0.2, 0.25) is 23.2 Å². The SMILES string of the molecule is COc1ncc(Cl)cc1Nc1nccc(-c2cc(C#N)c3c(c2)C(C)(CO[Si](C)(C)C(C)(C)C)CN3)n1. The van der Waals surface area contributed by atoms with Crippen molar-refractivity contribution >= 4 is 37.2 Å². The van der Waals surface area contributed by atoms with Crippen molar-refractivity contribution in [1.82, 2.24) is 15.0 Å². The molecule has 1 atom stereocenters. The van der Waals surface area contributed by atoms with Gasteiger partial charge in [-0.1, -0.05) is 39.3 Å². The predicted octanol–water partition coefficient (Wildman–Crippen LogP) is 6.52. The molecular formula is C27H33ClN6O2Si. The van der Waals surface area contributed by atoms with E-state index >= 15 is 0 Å². The van der Waals surface area contributed by atoms with E-state index in [2.05, 4.69) is 73.5 Å². The van der Waals surface area contributed by atoms with E-state index in [0.717, 1.165) is 16.8 Å². The van der Waals surface area contributed by atoms with Gasteiger partial charge < -0.3 is 19.8 Å². The van der Waals surface area contributed by atoms with Gasteiger partial charge in [-0.05, 0) is 48.0 Å². The number of nitrogens with zero attached hydrogens (tertiary/aromatic N) is 4. The summed E-state index contributed by atoms with van der Waals surface area (Å²) in [6.45, 7) is 14.7. The van der Waals surface area contributed by atoms with Gasteiger partial charge in [-0.2, -0.15) is 5.26 Å². The first-order valence-corrected chi connectivity index (χ1v) is 15.4. The highest BCUT2D eigenvalue weighted by molar-refractivity contribution is 6.74. The summed E-state index contributed by atoms with van der Waals surface area (Å²) in [5, 5.41) is 17.1. The maximum atomic E-state index is 9.95. The van der Waals surface area contributed by atoms with Crippen LogP contribution in [0.15, 0.2) is 36.7 Å². The lowest BCUT2D eigenvalue weighted by Gasteiger charge is -2.39. The Morgan fingerprint density at radius 1 is 1.24 bits per heavy atom. The number of rotatable bonds is 7. The highest BCUT2D eigenvalue weighted by Crippen LogP contribution is 2.44. The molecule has 10 heteroatoms. The predicted molar refractivity (Wildman–Crippen MR) is 150 cm³/mol. The van der Waals surface area contributed by atoms with E-state index < -0.39 is 8.32 Å². The number of fused-ring (bicyclic) bond motifs is 1. The summed E-state index contributed by atoms with van der Waals surface area (Å²) in [6.07, 6.45) is 3.18. The van der Waals surface area contributed by atoms with Gasteiger partial charge in [0.1, 0.15) is 11.8 Å². The standard InChI is InChI=1S/C27H33ClN6O2Si/c1-26(2,3)37(6,7)36-16-27(4)15-32-23-18(13-29)10-17(11-20(23)27)21-8-9-30-25(33-21)34-22-12-19(28)14-31-24(22)35-5/h8-12,14,32H,15-16H2,1-7H3,(H,30,33,34). The number of pyridine rings is 1. The van der Waals surface area contributed by atoms with E-state index in [0.29, 0.717) is 46.9 Å². The van der Waals surface area contributed by atoms with Crippen molar-refractivity contribution in [2.45, 2.75) is 51.2 Å². The third kappa shape index (κ3) is 5.42. The molecule has 2 N–H and O–H groups in total. The number of benzene rings is 1. The molecule has 0 amide bonds. The minimum Gasteiger partial charge on any atom is -0.480 e. The van der Waals surface area contributed by atoms with Gasteiger partial charge in [0.2, 0.25) is 11.8 Å². The van der Waals surface area contributed by atoms with Crippen LogP contribution in [0.3, 0.4) is 0 Å². The monoisotopic (exact) mass is 536 g/mol. The number of halogens is 1. The first kappa shape index (κ1) is 26.9. The fraction of sp³-hybridized carbons (Fsp3) is 0.407. The van der Waals surface area contributed by atoms with Gasteiger partial charge in [0, 0.05) is 36.5 Å². The van der Waals surface area contributed by atoms with E-state index in [9.17, 15) is 5.26 Å². The lowest BCUT2D eigenvalue weighted by atomic mass is 9.83. The molecule has 8 nitrogen and oxygen atoms in total. The van der Waals surface area contributed by atoms with Crippen LogP contribution < -0.4 is 15.4 Å². The third-order valence-corrected chi connectivity index (χ3v) is 12.0. The summed E-state index contributed by atoms with van der Waals surface area (Å²) in [5.41, 5.74) is 4.31.